The van der Waals surface area contributed by atoms with E-state index >= 15 is 0 Å². The van der Waals surface area contributed by atoms with Crippen molar-refractivity contribution in [3.8, 4) is 0 Å². The van der Waals surface area contributed by atoms with Gasteiger partial charge in [0, 0.05) is 22.5 Å². The van der Waals surface area contributed by atoms with Crippen LogP contribution >= 0.6 is 92.8 Å². The maximum atomic E-state index is 13.6. The highest BCUT2D eigenvalue weighted by Crippen LogP contribution is 2.38. The standard InChI is InChI=1S/C44H34Cl8N8O6/c1-5-21-15-32(56-44(66)40(20(4)62)60-58-34-18-24(8-10-26(34)46)42(64)54-30-14-12-28(48)36(50)38(30)52)22(6-2)16-31(21)55-43(65)39(19(3)61)59-57-33-17-23(7-9-25(33)45)41(63)53-29-13-11-27(47)35(49)37(29)51/h7-18,39-40H,5-6H2,1-4H3,(H,53,63)(H,54,64)(H,55,65)(H,56,66). The molecule has 0 radical (unpaired) electrons. The second-order valence-electron chi connectivity index (χ2n) is 14.0. The SMILES string of the molecule is CCc1cc(NC(=O)C(N=Nc2cc(C(=O)Nc3ccc(Cl)c(Cl)c3Cl)ccc2Cl)C(C)=O)c(CC)cc1NC(=O)C(N=Nc1cc(C(=O)Nc2ccc(Cl)c(Cl)c2Cl)ccc1Cl)C(C)=O. The van der Waals surface area contributed by atoms with Crippen LogP contribution in [-0.4, -0.2) is 47.3 Å². The van der Waals surface area contributed by atoms with Crippen LogP contribution in [0, 0.1) is 0 Å². The molecule has 14 nitrogen and oxygen atoms in total. The monoisotopic (exact) mass is 1050 g/mol. The Morgan fingerprint density at radius 1 is 0.455 bits per heavy atom. The van der Waals surface area contributed by atoms with Gasteiger partial charge in [0.2, 0.25) is 12.1 Å². The third-order valence-corrected chi connectivity index (χ3v) is 12.6. The highest BCUT2D eigenvalue weighted by molar-refractivity contribution is 6.50. The number of hydrogen-bond donors (Lipinski definition) is 4. The van der Waals surface area contributed by atoms with Crippen molar-refractivity contribution < 1.29 is 28.8 Å². The fourth-order valence-corrected chi connectivity index (χ4v) is 7.36. The zero-order valence-corrected chi connectivity index (χ0v) is 40.8. The smallest absolute Gasteiger partial charge is 0.258 e. The summed E-state index contributed by atoms with van der Waals surface area (Å²) in [5.41, 5.74) is 2.28. The van der Waals surface area contributed by atoms with Gasteiger partial charge in [-0.2, -0.15) is 20.5 Å². The van der Waals surface area contributed by atoms with Gasteiger partial charge in [-0.05, 0) is 111 Å². The van der Waals surface area contributed by atoms with Gasteiger partial charge in [-0.25, -0.2) is 0 Å². The summed E-state index contributed by atoms with van der Waals surface area (Å²) in [6, 6.07) is 14.1. The molecule has 342 valence electrons. The molecule has 4 N–H and O–H groups in total. The molecule has 4 amide bonds. The number of Topliss-reactive ketones (excluding diaryl/α,β-unsaturated/α-hetero) is 2. The summed E-state index contributed by atoms with van der Waals surface area (Å²) in [6.07, 6.45) is 0.699. The maximum absolute atomic E-state index is 13.6. The van der Waals surface area contributed by atoms with Crippen LogP contribution in [0.3, 0.4) is 0 Å². The quantitative estimate of drug-likeness (QED) is 0.0430. The Morgan fingerprint density at radius 2 is 0.803 bits per heavy atom. The van der Waals surface area contributed by atoms with Crippen molar-refractivity contribution in [3.05, 3.63) is 135 Å². The van der Waals surface area contributed by atoms with Gasteiger partial charge in [-0.15, -0.1) is 0 Å². The second-order valence-corrected chi connectivity index (χ2v) is 17.1. The maximum Gasteiger partial charge on any atom is 0.258 e. The predicted octanol–water partition coefficient (Wildman–Crippen LogP) is 13.9. The van der Waals surface area contributed by atoms with Crippen molar-refractivity contribution in [3.63, 3.8) is 0 Å². The van der Waals surface area contributed by atoms with E-state index in [0.29, 0.717) is 35.3 Å². The Labute approximate surface area is 417 Å². The predicted molar refractivity (Wildman–Crippen MR) is 262 cm³/mol. The number of ketones is 2. The Morgan fingerprint density at radius 3 is 1.14 bits per heavy atom. The van der Waals surface area contributed by atoms with Crippen LogP contribution in [0.5, 0.6) is 0 Å². The number of anilines is 4. The van der Waals surface area contributed by atoms with Gasteiger partial charge in [0.15, 0.2) is 11.6 Å². The number of benzene rings is 5. The van der Waals surface area contributed by atoms with Gasteiger partial charge in [-0.3, -0.25) is 28.8 Å². The van der Waals surface area contributed by atoms with E-state index in [2.05, 4.69) is 41.7 Å². The van der Waals surface area contributed by atoms with Crippen molar-refractivity contribution in [1.29, 1.82) is 0 Å². The fourth-order valence-electron chi connectivity index (χ4n) is 5.88. The number of aryl methyl sites for hydroxylation is 2. The highest BCUT2D eigenvalue weighted by atomic mass is 35.5. The van der Waals surface area contributed by atoms with Crippen molar-refractivity contribution in [2.24, 2.45) is 20.5 Å². The molecule has 0 fully saturated rings. The average Bonchev–Trinajstić information content (AvgIpc) is 3.27. The Kier molecular flexibility index (Phi) is 18.1. The fraction of sp³-hybridized carbons (Fsp3) is 0.182. The minimum Gasteiger partial charge on any atom is -0.323 e. The summed E-state index contributed by atoms with van der Waals surface area (Å²) in [5, 5.41) is 27.5. The lowest BCUT2D eigenvalue weighted by Gasteiger charge is -2.18. The van der Waals surface area contributed by atoms with Crippen LogP contribution in [0.25, 0.3) is 0 Å². The molecule has 0 aliphatic heterocycles. The molecular weight excluding hydrogens is 1020 g/mol. The van der Waals surface area contributed by atoms with Crippen LogP contribution < -0.4 is 21.3 Å². The molecule has 5 rings (SSSR count). The second kappa shape index (κ2) is 23.0. The molecule has 66 heavy (non-hydrogen) atoms. The minimum atomic E-state index is -1.63. The number of rotatable bonds is 16. The van der Waals surface area contributed by atoms with Gasteiger partial charge in [0.25, 0.3) is 23.6 Å². The first-order valence-corrected chi connectivity index (χ1v) is 22.4. The van der Waals surface area contributed by atoms with Crippen LogP contribution in [-0.2, 0) is 32.0 Å². The van der Waals surface area contributed by atoms with Crippen LogP contribution in [0.4, 0.5) is 34.1 Å². The molecule has 0 saturated carbocycles. The molecular formula is C44H34Cl8N8O6. The van der Waals surface area contributed by atoms with Gasteiger partial charge in [-0.1, -0.05) is 107 Å². The van der Waals surface area contributed by atoms with E-state index in [1.54, 1.807) is 26.0 Å². The lowest BCUT2D eigenvalue weighted by atomic mass is 10.0. The number of carbonyl (C=O) groups excluding carboxylic acids is 6. The van der Waals surface area contributed by atoms with Crippen molar-refractivity contribution in [1.82, 2.24) is 0 Å². The highest BCUT2D eigenvalue weighted by Gasteiger charge is 2.27. The van der Waals surface area contributed by atoms with Crippen molar-refractivity contribution in [2.45, 2.75) is 52.6 Å². The number of nitrogens with zero attached hydrogens (tertiary/aromatic N) is 4. The number of nitrogens with one attached hydrogen (secondary N) is 4. The molecule has 22 heteroatoms. The Balaban J connectivity index is 1.31. The molecule has 5 aromatic carbocycles. The van der Waals surface area contributed by atoms with E-state index in [4.69, 9.17) is 92.8 Å². The Hall–Kier alpha value is -5.16. The van der Waals surface area contributed by atoms with E-state index in [-0.39, 0.29) is 74.1 Å². The van der Waals surface area contributed by atoms with E-state index in [1.807, 2.05) is 0 Å². The van der Waals surface area contributed by atoms with Crippen molar-refractivity contribution in [2.75, 3.05) is 21.3 Å². The summed E-state index contributed by atoms with van der Waals surface area (Å²) in [4.78, 5) is 78.9. The first kappa shape index (κ1) is 51.8. The van der Waals surface area contributed by atoms with Gasteiger partial charge in [0.1, 0.15) is 11.4 Å². The first-order valence-electron chi connectivity index (χ1n) is 19.3. The van der Waals surface area contributed by atoms with Gasteiger partial charge in [0.05, 0.1) is 51.6 Å². The number of hydrogen-bond acceptors (Lipinski definition) is 10. The summed E-state index contributed by atoms with van der Waals surface area (Å²) in [5.74, 6) is -4.16. The summed E-state index contributed by atoms with van der Waals surface area (Å²) in [6.45, 7) is 5.92. The molecule has 0 saturated heterocycles. The normalized spacial score (nSPS) is 12.2. The minimum absolute atomic E-state index is 0.0132. The summed E-state index contributed by atoms with van der Waals surface area (Å²) in [7, 11) is 0. The number of carbonyl (C=O) groups is 6. The zero-order chi connectivity index (χ0) is 48.6. The summed E-state index contributed by atoms with van der Waals surface area (Å²) >= 11 is 49.3. The molecule has 0 spiro atoms. The van der Waals surface area contributed by atoms with E-state index in [0.717, 1.165) is 13.8 Å². The first-order chi connectivity index (χ1) is 31.2. The van der Waals surface area contributed by atoms with E-state index in [9.17, 15) is 28.8 Å². The van der Waals surface area contributed by atoms with Crippen LogP contribution in [0.15, 0.2) is 93.3 Å². The van der Waals surface area contributed by atoms with Gasteiger partial charge >= 0.3 is 0 Å². The topological polar surface area (TPSA) is 200 Å². The molecule has 0 aliphatic carbocycles. The van der Waals surface area contributed by atoms with E-state index in [1.165, 1.54) is 60.7 Å². The third kappa shape index (κ3) is 12.6. The zero-order valence-electron chi connectivity index (χ0n) is 34.8. The molecule has 0 aliphatic rings. The lowest BCUT2D eigenvalue weighted by Crippen LogP contribution is -2.33. The molecule has 0 aromatic heterocycles. The van der Waals surface area contributed by atoms with Gasteiger partial charge < -0.3 is 21.3 Å². The number of azo groups is 2. The number of halogens is 8. The average molecular weight is 1050 g/mol. The van der Waals surface area contributed by atoms with Crippen LogP contribution in [0.2, 0.25) is 40.2 Å². The molecule has 2 atom stereocenters. The summed E-state index contributed by atoms with van der Waals surface area (Å²) < 4.78 is 0. The lowest BCUT2D eigenvalue weighted by molar-refractivity contribution is -0.127. The third-order valence-electron chi connectivity index (χ3n) is 9.42. The largest absolute Gasteiger partial charge is 0.323 e. The number of amides is 4. The van der Waals surface area contributed by atoms with E-state index < -0.39 is 47.3 Å². The van der Waals surface area contributed by atoms with Crippen molar-refractivity contribution >= 4 is 162 Å². The molecule has 0 bridgehead atoms. The Bertz CT molecular complexity index is 2670. The molecule has 5 aromatic rings. The van der Waals surface area contributed by atoms with Crippen LogP contribution in [0.1, 0.15) is 59.5 Å². The molecule has 2 unspecified atom stereocenters. The molecule has 0 heterocycles.